The number of halogens is 1. The topological polar surface area (TPSA) is 51.0 Å². The van der Waals surface area contributed by atoms with E-state index in [1.165, 1.54) is 5.56 Å². The van der Waals surface area contributed by atoms with E-state index in [0.29, 0.717) is 6.54 Å². The van der Waals surface area contributed by atoms with Gasteiger partial charge in [0.15, 0.2) is 0 Å². The van der Waals surface area contributed by atoms with Crippen LogP contribution in [0, 0.1) is 6.92 Å². The summed E-state index contributed by atoms with van der Waals surface area (Å²) >= 11 is 3.40. The van der Waals surface area contributed by atoms with Crippen LogP contribution in [0.5, 0.6) is 0 Å². The van der Waals surface area contributed by atoms with Gasteiger partial charge < -0.3 is 5.32 Å². The van der Waals surface area contributed by atoms with Crippen LogP contribution in [-0.2, 0) is 13.1 Å². The molecule has 1 N–H and O–H groups in total. The molecule has 0 unspecified atom stereocenters. The van der Waals surface area contributed by atoms with Gasteiger partial charge in [-0.25, -0.2) is 4.63 Å². The first-order chi connectivity index (χ1) is 7.75. The molecule has 0 bridgehead atoms. The molecular formula is C11H12BrN3O. The maximum absolute atomic E-state index is 4.62. The number of hydrogen-bond acceptors (Lipinski definition) is 4. The summed E-state index contributed by atoms with van der Waals surface area (Å²) < 4.78 is 5.71. The van der Waals surface area contributed by atoms with Crippen molar-refractivity contribution in [2.75, 3.05) is 0 Å². The third-order valence-electron chi connectivity index (χ3n) is 2.28. The molecular weight excluding hydrogens is 270 g/mol. The second kappa shape index (κ2) is 5.23. The van der Waals surface area contributed by atoms with E-state index in [0.717, 1.165) is 22.4 Å². The molecule has 0 atom stereocenters. The molecule has 0 aliphatic rings. The highest BCUT2D eigenvalue weighted by molar-refractivity contribution is 9.10. The molecule has 0 saturated heterocycles. The summed E-state index contributed by atoms with van der Waals surface area (Å²) in [6.45, 7) is 3.36. The van der Waals surface area contributed by atoms with Gasteiger partial charge in [0.05, 0.1) is 0 Å². The van der Waals surface area contributed by atoms with Crippen LogP contribution < -0.4 is 5.32 Å². The highest BCUT2D eigenvalue weighted by Crippen LogP contribution is 2.10. The fourth-order valence-electron chi connectivity index (χ4n) is 1.34. The van der Waals surface area contributed by atoms with E-state index in [2.05, 4.69) is 48.3 Å². The molecule has 1 heterocycles. The van der Waals surface area contributed by atoms with Gasteiger partial charge in [-0.2, -0.15) is 0 Å². The van der Waals surface area contributed by atoms with E-state index in [1.807, 2.05) is 19.1 Å². The Morgan fingerprint density at radius 3 is 2.56 bits per heavy atom. The molecule has 2 aromatic rings. The zero-order valence-corrected chi connectivity index (χ0v) is 10.5. The zero-order chi connectivity index (χ0) is 11.4. The van der Waals surface area contributed by atoms with Crippen molar-refractivity contribution in [3.8, 4) is 0 Å². The van der Waals surface area contributed by atoms with E-state index in [9.17, 15) is 0 Å². The highest BCUT2D eigenvalue weighted by atomic mass is 79.9. The monoisotopic (exact) mass is 281 g/mol. The molecule has 84 valence electrons. The van der Waals surface area contributed by atoms with Gasteiger partial charge in [-0.05, 0) is 24.6 Å². The largest absolute Gasteiger partial charge is 0.307 e. The molecule has 1 aromatic heterocycles. The lowest BCUT2D eigenvalue weighted by molar-refractivity contribution is 0.300. The molecule has 0 saturated carbocycles. The number of hydrogen-bond donors (Lipinski definition) is 1. The highest BCUT2D eigenvalue weighted by Gasteiger charge is 2.03. The van der Waals surface area contributed by atoms with Gasteiger partial charge in [-0.1, -0.05) is 38.4 Å². The van der Waals surface area contributed by atoms with Crippen molar-refractivity contribution in [3.63, 3.8) is 0 Å². The quantitative estimate of drug-likeness (QED) is 0.935. The standard InChI is InChI=1S/C11H12BrN3O/c1-8-11(15-16-14-8)7-13-6-9-2-4-10(12)5-3-9/h2-5,13H,6-7H2,1H3. The Morgan fingerprint density at radius 2 is 1.94 bits per heavy atom. The van der Waals surface area contributed by atoms with Crippen LogP contribution in [-0.4, -0.2) is 10.3 Å². The van der Waals surface area contributed by atoms with Gasteiger partial charge >= 0.3 is 0 Å². The van der Waals surface area contributed by atoms with Gasteiger partial charge in [0.25, 0.3) is 0 Å². The Kier molecular flexibility index (Phi) is 3.69. The van der Waals surface area contributed by atoms with Crippen molar-refractivity contribution in [1.82, 2.24) is 15.6 Å². The summed E-state index contributed by atoms with van der Waals surface area (Å²) in [5.74, 6) is 0. The first-order valence-electron chi connectivity index (χ1n) is 4.99. The van der Waals surface area contributed by atoms with Crippen LogP contribution in [0.2, 0.25) is 0 Å². The number of rotatable bonds is 4. The lowest BCUT2D eigenvalue weighted by atomic mass is 10.2. The Balaban J connectivity index is 1.84. The summed E-state index contributed by atoms with van der Waals surface area (Å²) in [5.41, 5.74) is 2.93. The van der Waals surface area contributed by atoms with Gasteiger partial charge in [0, 0.05) is 17.6 Å². The van der Waals surface area contributed by atoms with Crippen LogP contribution in [0.15, 0.2) is 33.4 Å². The zero-order valence-electron chi connectivity index (χ0n) is 8.90. The van der Waals surface area contributed by atoms with E-state index in [-0.39, 0.29) is 0 Å². The minimum Gasteiger partial charge on any atom is -0.307 e. The van der Waals surface area contributed by atoms with Crippen molar-refractivity contribution >= 4 is 15.9 Å². The third-order valence-corrected chi connectivity index (χ3v) is 2.81. The Hall–Kier alpha value is -1.20. The van der Waals surface area contributed by atoms with Crippen molar-refractivity contribution in [2.45, 2.75) is 20.0 Å². The average Bonchev–Trinajstić information content (AvgIpc) is 2.68. The fraction of sp³-hybridized carbons (Fsp3) is 0.273. The lowest BCUT2D eigenvalue weighted by Gasteiger charge is -2.02. The smallest absolute Gasteiger partial charge is 0.121 e. The summed E-state index contributed by atoms with van der Waals surface area (Å²) in [6.07, 6.45) is 0. The Morgan fingerprint density at radius 1 is 1.19 bits per heavy atom. The van der Waals surface area contributed by atoms with Crippen molar-refractivity contribution in [2.24, 2.45) is 0 Å². The molecule has 0 aliphatic carbocycles. The van der Waals surface area contributed by atoms with Crippen LogP contribution in [0.25, 0.3) is 0 Å². The maximum atomic E-state index is 4.62. The average molecular weight is 282 g/mol. The normalized spacial score (nSPS) is 10.6. The first kappa shape index (κ1) is 11.3. The molecule has 4 nitrogen and oxygen atoms in total. The molecule has 1 aromatic carbocycles. The van der Waals surface area contributed by atoms with Gasteiger partial charge in [-0.15, -0.1) is 0 Å². The third kappa shape index (κ3) is 2.90. The van der Waals surface area contributed by atoms with Crippen molar-refractivity contribution in [3.05, 3.63) is 45.7 Å². The summed E-state index contributed by atoms with van der Waals surface area (Å²) in [4.78, 5) is 0. The van der Waals surface area contributed by atoms with Gasteiger partial charge in [0.1, 0.15) is 11.4 Å². The Labute approximate surface area is 102 Å². The number of aryl methyl sites for hydroxylation is 1. The Bertz CT molecular complexity index is 453. The molecule has 5 heteroatoms. The van der Waals surface area contributed by atoms with Crippen LogP contribution in [0.4, 0.5) is 0 Å². The van der Waals surface area contributed by atoms with Crippen LogP contribution in [0.1, 0.15) is 17.0 Å². The number of nitrogens with zero attached hydrogens (tertiary/aromatic N) is 2. The predicted molar refractivity (Wildman–Crippen MR) is 63.7 cm³/mol. The molecule has 0 fully saturated rings. The van der Waals surface area contributed by atoms with Crippen LogP contribution >= 0.6 is 15.9 Å². The predicted octanol–water partition coefficient (Wildman–Crippen LogP) is 2.43. The van der Waals surface area contributed by atoms with Crippen molar-refractivity contribution in [1.29, 1.82) is 0 Å². The van der Waals surface area contributed by atoms with E-state index in [4.69, 9.17) is 0 Å². The second-order valence-corrected chi connectivity index (χ2v) is 4.44. The molecule has 0 amide bonds. The molecule has 0 spiro atoms. The fourth-order valence-corrected chi connectivity index (χ4v) is 1.60. The maximum Gasteiger partial charge on any atom is 0.121 e. The van der Waals surface area contributed by atoms with Gasteiger partial charge in [-0.3, -0.25) is 0 Å². The van der Waals surface area contributed by atoms with Crippen molar-refractivity contribution < 1.29 is 4.63 Å². The van der Waals surface area contributed by atoms with E-state index in [1.54, 1.807) is 0 Å². The first-order valence-corrected chi connectivity index (χ1v) is 5.78. The lowest BCUT2D eigenvalue weighted by Crippen LogP contribution is -2.13. The number of aromatic nitrogens is 2. The molecule has 0 aliphatic heterocycles. The number of benzene rings is 1. The van der Waals surface area contributed by atoms with E-state index >= 15 is 0 Å². The minimum atomic E-state index is 0.672. The summed E-state index contributed by atoms with van der Waals surface area (Å²) in [6, 6.07) is 8.20. The second-order valence-electron chi connectivity index (χ2n) is 3.53. The minimum absolute atomic E-state index is 0.672. The SMILES string of the molecule is Cc1nonc1CNCc1ccc(Br)cc1. The van der Waals surface area contributed by atoms with E-state index < -0.39 is 0 Å². The van der Waals surface area contributed by atoms with Crippen LogP contribution in [0.3, 0.4) is 0 Å². The number of nitrogens with one attached hydrogen (secondary N) is 1. The summed E-state index contributed by atoms with van der Waals surface area (Å²) in [5, 5.41) is 10.8. The molecule has 16 heavy (non-hydrogen) atoms. The summed E-state index contributed by atoms with van der Waals surface area (Å²) in [7, 11) is 0. The molecule has 0 radical (unpaired) electrons. The van der Waals surface area contributed by atoms with Gasteiger partial charge in [0.2, 0.25) is 0 Å². The molecule has 2 rings (SSSR count).